The summed E-state index contributed by atoms with van der Waals surface area (Å²) >= 11 is 0. The van der Waals surface area contributed by atoms with Gasteiger partial charge in [-0.1, -0.05) is 26.2 Å². The second kappa shape index (κ2) is 4.86. The maximum Gasteiger partial charge on any atom is 0.169 e. The van der Waals surface area contributed by atoms with E-state index in [0.717, 1.165) is 30.1 Å². The van der Waals surface area contributed by atoms with Crippen molar-refractivity contribution in [1.82, 2.24) is 0 Å². The Labute approximate surface area is 97.0 Å². The van der Waals surface area contributed by atoms with E-state index >= 15 is 0 Å². The molecule has 0 saturated heterocycles. The molecule has 2 atom stereocenters. The zero-order valence-corrected chi connectivity index (χ0v) is 10.2. The molecule has 0 N–H and O–H groups in total. The molecule has 0 bridgehead atoms. The van der Waals surface area contributed by atoms with Crippen LogP contribution in [0.3, 0.4) is 0 Å². The van der Waals surface area contributed by atoms with Crippen molar-refractivity contribution in [3.8, 4) is 0 Å². The summed E-state index contributed by atoms with van der Waals surface area (Å²) in [6, 6.07) is 1.86. The molecule has 0 aliphatic heterocycles. The van der Waals surface area contributed by atoms with E-state index in [9.17, 15) is 4.79 Å². The first-order valence-electron chi connectivity index (χ1n) is 6.30. The van der Waals surface area contributed by atoms with Crippen LogP contribution in [0.5, 0.6) is 0 Å². The Bertz CT molecular complexity index is 365. The topological polar surface area (TPSA) is 30.2 Å². The van der Waals surface area contributed by atoms with Gasteiger partial charge in [-0.25, -0.2) is 0 Å². The van der Waals surface area contributed by atoms with Gasteiger partial charge in [-0.3, -0.25) is 4.79 Å². The fourth-order valence-electron chi connectivity index (χ4n) is 2.71. The summed E-state index contributed by atoms with van der Waals surface area (Å²) in [5.74, 6) is 2.09. The Balaban J connectivity index is 2.04. The molecule has 2 nitrogen and oxygen atoms in total. The van der Waals surface area contributed by atoms with Crippen LogP contribution in [0.15, 0.2) is 16.7 Å². The smallest absolute Gasteiger partial charge is 0.169 e. The zero-order chi connectivity index (χ0) is 11.5. The minimum Gasteiger partial charge on any atom is -0.469 e. The summed E-state index contributed by atoms with van der Waals surface area (Å²) in [4.78, 5) is 12.2. The highest BCUT2D eigenvalue weighted by Gasteiger charge is 2.27. The molecule has 1 aromatic rings. The fourth-order valence-corrected chi connectivity index (χ4v) is 2.71. The molecule has 16 heavy (non-hydrogen) atoms. The van der Waals surface area contributed by atoms with Crippen LogP contribution in [0, 0.1) is 18.8 Å². The van der Waals surface area contributed by atoms with Crippen molar-refractivity contribution in [2.24, 2.45) is 11.8 Å². The molecule has 0 radical (unpaired) electrons. The van der Waals surface area contributed by atoms with Crippen molar-refractivity contribution in [2.75, 3.05) is 0 Å². The summed E-state index contributed by atoms with van der Waals surface area (Å²) in [7, 11) is 0. The zero-order valence-electron chi connectivity index (χ0n) is 10.2. The highest BCUT2D eigenvalue weighted by molar-refractivity contribution is 5.97. The monoisotopic (exact) mass is 220 g/mol. The molecule has 1 fully saturated rings. The van der Waals surface area contributed by atoms with Crippen molar-refractivity contribution in [1.29, 1.82) is 0 Å². The Hall–Kier alpha value is -1.05. The molecule has 2 heteroatoms. The third-order valence-corrected chi connectivity index (χ3v) is 3.75. The number of ketones is 1. The van der Waals surface area contributed by atoms with Crippen LogP contribution in [-0.4, -0.2) is 5.78 Å². The summed E-state index contributed by atoms with van der Waals surface area (Å²) in [5.41, 5.74) is 0.763. The van der Waals surface area contributed by atoms with E-state index in [1.54, 1.807) is 6.26 Å². The van der Waals surface area contributed by atoms with Gasteiger partial charge in [-0.05, 0) is 31.7 Å². The van der Waals surface area contributed by atoms with Crippen LogP contribution in [0.1, 0.15) is 55.1 Å². The number of Topliss-reactive ketones (excluding diaryl/α,β-unsaturated/α-hetero) is 1. The van der Waals surface area contributed by atoms with Crippen molar-refractivity contribution in [2.45, 2.75) is 46.0 Å². The number of furan rings is 1. The van der Waals surface area contributed by atoms with Crippen LogP contribution >= 0.6 is 0 Å². The van der Waals surface area contributed by atoms with E-state index in [1.165, 1.54) is 19.3 Å². The van der Waals surface area contributed by atoms with Gasteiger partial charge < -0.3 is 4.42 Å². The third kappa shape index (κ3) is 2.37. The molecule has 1 heterocycles. The molecule has 0 aromatic carbocycles. The van der Waals surface area contributed by atoms with Gasteiger partial charge in [0.15, 0.2) is 5.78 Å². The van der Waals surface area contributed by atoms with E-state index < -0.39 is 0 Å². The van der Waals surface area contributed by atoms with E-state index in [-0.39, 0.29) is 11.7 Å². The summed E-state index contributed by atoms with van der Waals surface area (Å²) < 4.78 is 5.21. The van der Waals surface area contributed by atoms with Crippen molar-refractivity contribution >= 4 is 5.78 Å². The molecule has 1 saturated carbocycles. The van der Waals surface area contributed by atoms with Gasteiger partial charge in [-0.2, -0.15) is 0 Å². The van der Waals surface area contributed by atoms with Gasteiger partial charge in [0.25, 0.3) is 0 Å². The second-order valence-corrected chi connectivity index (χ2v) is 4.95. The average molecular weight is 220 g/mol. The normalized spacial score (nSPS) is 25.6. The number of hydrogen-bond donors (Lipinski definition) is 0. The second-order valence-electron chi connectivity index (χ2n) is 4.95. The van der Waals surface area contributed by atoms with Crippen molar-refractivity contribution in [3.63, 3.8) is 0 Å². The van der Waals surface area contributed by atoms with Crippen LogP contribution in [0.2, 0.25) is 0 Å². The van der Waals surface area contributed by atoms with Gasteiger partial charge >= 0.3 is 0 Å². The van der Waals surface area contributed by atoms with Gasteiger partial charge in [0.05, 0.1) is 5.56 Å². The first-order chi connectivity index (χ1) is 7.70. The van der Waals surface area contributed by atoms with Gasteiger partial charge in [-0.15, -0.1) is 0 Å². The quantitative estimate of drug-likeness (QED) is 0.721. The minimum absolute atomic E-state index is 0.232. The molecule has 2 unspecified atom stereocenters. The SMILES string of the molecule is CCC1CCCC(C(=O)c2coc(C)c2)C1. The molecule has 88 valence electrons. The Morgan fingerprint density at radius 2 is 2.31 bits per heavy atom. The van der Waals surface area contributed by atoms with Crippen LogP contribution in [-0.2, 0) is 0 Å². The first-order valence-corrected chi connectivity index (χ1v) is 6.30. The predicted molar refractivity (Wildman–Crippen MR) is 63.5 cm³/mol. The maximum absolute atomic E-state index is 12.2. The predicted octanol–water partition coefficient (Wildman–Crippen LogP) is 3.99. The minimum atomic E-state index is 0.232. The highest BCUT2D eigenvalue weighted by Crippen LogP contribution is 2.33. The van der Waals surface area contributed by atoms with E-state index in [4.69, 9.17) is 4.42 Å². The number of carbonyl (C=O) groups excluding carboxylic acids is 1. The lowest BCUT2D eigenvalue weighted by Gasteiger charge is -2.27. The lowest BCUT2D eigenvalue weighted by Crippen LogP contribution is -2.22. The van der Waals surface area contributed by atoms with Crippen molar-refractivity contribution in [3.05, 3.63) is 23.7 Å². The maximum atomic E-state index is 12.2. The third-order valence-electron chi connectivity index (χ3n) is 3.75. The fraction of sp³-hybridized carbons (Fsp3) is 0.643. The average Bonchev–Trinajstić information content (AvgIpc) is 2.75. The number of aryl methyl sites for hydroxylation is 1. The molecular weight excluding hydrogens is 200 g/mol. The Kier molecular flexibility index (Phi) is 3.47. The molecule has 1 aromatic heterocycles. The van der Waals surface area contributed by atoms with E-state index in [1.807, 2.05) is 13.0 Å². The largest absolute Gasteiger partial charge is 0.469 e. The van der Waals surface area contributed by atoms with E-state index in [2.05, 4.69) is 6.92 Å². The number of hydrogen-bond acceptors (Lipinski definition) is 2. The van der Waals surface area contributed by atoms with Gasteiger partial charge in [0.1, 0.15) is 12.0 Å². The standard InChI is InChI=1S/C14H20O2/c1-3-11-5-4-6-12(8-11)14(15)13-7-10(2)16-9-13/h7,9,11-12H,3-6,8H2,1-2H3. The summed E-state index contributed by atoms with van der Waals surface area (Å²) in [5, 5.41) is 0. The van der Waals surface area contributed by atoms with Crippen molar-refractivity contribution < 1.29 is 9.21 Å². The van der Waals surface area contributed by atoms with Crippen LogP contribution in [0.4, 0.5) is 0 Å². The molecule has 1 aliphatic rings. The summed E-state index contributed by atoms with van der Waals surface area (Å²) in [6.45, 7) is 4.10. The molecule has 0 spiro atoms. The molecule has 0 amide bonds. The lowest BCUT2D eigenvalue weighted by atomic mass is 9.77. The molecule has 2 rings (SSSR count). The molecular formula is C14H20O2. The van der Waals surface area contributed by atoms with Crippen LogP contribution < -0.4 is 0 Å². The Morgan fingerprint density at radius 1 is 1.50 bits per heavy atom. The summed E-state index contributed by atoms with van der Waals surface area (Å²) in [6.07, 6.45) is 7.43. The van der Waals surface area contributed by atoms with E-state index in [0.29, 0.717) is 0 Å². The number of rotatable bonds is 3. The van der Waals surface area contributed by atoms with Gasteiger partial charge in [0, 0.05) is 5.92 Å². The van der Waals surface area contributed by atoms with Gasteiger partial charge in [0.2, 0.25) is 0 Å². The highest BCUT2D eigenvalue weighted by atomic mass is 16.3. The first kappa shape index (κ1) is 11.4. The Morgan fingerprint density at radius 3 is 2.94 bits per heavy atom. The van der Waals surface area contributed by atoms with Crippen LogP contribution in [0.25, 0.3) is 0 Å². The number of carbonyl (C=O) groups is 1. The lowest BCUT2D eigenvalue weighted by molar-refractivity contribution is 0.0861. The molecule has 1 aliphatic carbocycles.